The van der Waals surface area contributed by atoms with E-state index in [1.807, 2.05) is 19.1 Å². The number of allylic oxidation sites excluding steroid dienone is 7. The number of carbonyl (C=O) groups excluding carboxylic acids is 1. The van der Waals surface area contributed by atoms with E-state index in [9.17, 15) is 45.6 Å². The van der Waals surface area contributed by atoms with Crippen molar-refractivity contribution in [2.45, 2.75) is 370 Å². The normalized spacial score (nSPS) is 23.9. The van der Waals surface area contributed by atoms with Crippen LogP contribution in [-0.2, 0) is 23.7 Å². The monoisotopic (exact) mass is 1190 g/mol. The lowest BCUT2D eigenvalue weighted by molar-refractivity contribution is -0.359. The largest absolute Gasteiger partial charge is 0.394 e. The van der Waals surface area contributed by atoms with E-state index in [-0.39, 0.29) is 18.9 Å². The lowest BCUT2D eigenvalue weighted by Crippen LogP contribution is -2.65. The van der Waals surface area contributed by atoms with E-state index in [1.54, 1.807) is 6.08 Å². The van der Waals surface area contributed by atoms with Crippen LogP contribution < -0.4 is 5.32 Å². The molecule has 492 valence electrons. The van der Waals surface area contributed by atoms with Crippen molar-refractivity contribution < 1.29 is 64.6 Å². The van der Waals surface area contributed by atoms with Gasteiger partial charge < -0.3 is 65.1 Å². The fourth-order valence-electron chi connectivity index (χ4n) is 11.5. The highest BCUT2D eigenvalue weighted by Gasteiger charge is 2.51. The summed E-state index contributed by atoms with van der Waals surface area (Å²) in [6.45, 7) is 2.55. The Hall–Kier alpha value is -2.05. The van der Waals surface area contributed by atoms with E-state index in [2.05, 4.69) is 42.6 Å². The van der Waals surface area contributed by atoms with E-state index in [4.69, 9.17) is 18.9 Å². The van der Waals surface area contributed by atoms with Crippen LogP contribution in [0, 0.1) is 0 Å². The average Bonchev–Trinajstić information content (AvgIpc) is 2.95. The van der Waals surface area contributed by atoms with Crippen molar-refractivity contribution in [2.75, 3.05) is 19.8 Å². The smallest absolute Gasteiger partial charge is 0.220 e. The summed E-state index contributed by atoms with van der Waals surface area (Å²) in [7, 11) is 0. The Bertz CT molecular complexity index is 1590. The van der Waals surface area contributed by atoms with Crippen molar-refractivity contribution in [3.63, 3.8) is 0 Å². The first-order valence-corrected chi connectivity index (χ1v) is 34.8. The molecule has 0 bridgehead atoms. The van der Waals surface area contributed by atoms with Gasteiger partial charge in [-0.2, -0.15) is 0 Å². The minimum absolute atomic E-state index is 0.253. The van der Waals surface area contributed by atoms with E-state index in [1.165, 1.54) is 225 Å². The molecule has 12 unspecified atom stereocenters. The van der Waals surface area contributed by atoms with Gasteiger partial charge in [0.2, 0.25) is 5.91 Å². The lowest BCUT2D eigenvalue weighted by Gasteiger charge is -2.46. The molecule has 2 rings (SSSR count). The van der Waals surface area contributed by atoms with Gasteiger partial charge in [-0.3, -0.25) is 4.79 Å². The topological polar surface area (TPSA) is 228 Å². The Morgan fingerprint density at radius 2 is 0.810 bits per heavy atom. The molecule has 2 heterocycles. The van der Waals surface area contributed by atoms with Crippen molar-refractivity contribution in [1.29, 1.82) is 0 Å². The van der Waals surface area contributed by atoms with Gasteiger partial charge in [0, 0.05) is 6.42 Å². The van der Waals surface area contributed by atoms with Crippen molar-refractivity contribution in [1.82, 2.24) is 5.32 Å². The van der Waals surface area contributed by atoms with E-state index in [0.29, 0.717) is 12.8 Å². The molecule has 2 fully saturated rings. The Kier molecular flexibility index (Phi) is 51.1. The van der Waals surface area contributed by atoms with Crippen LogP contribution in [0.2, 0.25) is 0 Å². The Morgan fingerprint density at radius 1 is 0.440 bits per heavy atom. The highest BCUT2D eigenvalue weighted by atomic mass is 16.7. The van der Waals surface area contributed by atoms with Gasteiger partial charge in [-0.25, -0.2) is 0 Å². The zero-order valence-corrected chi connectivity index (χ0v) is 53.4. The van der Waals surface area contributed by atoms with Crippen molar-refractivity contribution in [3.05, 3.63) is 48.6 Å². The average molecular weight is 1190 g/mol. The Labute approximate surface area is 512 Å². The standard InChI is InChI=1S/C70H129NO13/c1-3-5-7-9-11-13-14-15-16-17-18-19-20-21-22-23-24-25-26-27-28-29-30-31-32-33-34-35-36-37-38-39-40-41-42-43-44-46-48-50-52-54-62(75)71-58(59(74)53-51-49-47-45-12-10-8-6-4-2)57-81-69-67(80)65(78)68(61(56-73)83-69)84-70-66(79)64(77)63(76)60(55-72)82-70/h4,6,12,17-18,45,51,53,58-61,63-70,72-74,76-80H,3,5,7-11,13-16,19-44,46-50,52,54-57H2,1-2H3,(H,71,75)/b6-4+,18-17-,45-12+,53-51+. The highest BCUT2D eigenvalue weighted by Crippen LogP contribution is 2.30. The third-order valence-electron chi connectivity index (χ3n) is 17.1. The molecule has 14 heteroatoms. The molecular formula is C70H129NO13. The van der Waals surface area contributed by atoms with Crippen molar-refractivity contribution in [2.24, 2.45) is 0 Å². The summed E-state index contributed by atoms with van der Waals surface area (Å²) in [5.74, 6) is -0.253. The zero-order valence-electron chi connectivity index (χ0n) is 53.4. The van der Waals surface area contributed by atoms with E-state index < -0.39 is 86.8 Å². The summed E-state index contributed by atoms with van der Waals surface area (Å²) in [5, 5.41) is 86.8. The number of unbranched alkanes of at least 4 members (excludes halogenated alkanes) is 39. The summed E-state index contributed by atoms with van der Waals surface area (Å²) in [4.78, 5) is 13.2. The first kappa shape index (κ1) is 78.0. The van der Waals surface area contributed by atoms with Crippen LogP contribution in [0.4, 0.5) is 0 Å². The van der Waals surface area contributed by atoms with E-state index in [0.717, 1.165) is 38.5 Å². The van der Waals surface area contributed by atoms with Crippen LogP contribution in [0.25, 0.3) is 0 Å². The zero-order chi connectivity index (χ0) is 60.9. The second-order valence-corrected chi connectivity index (χ2v) is 24.7. The van der Waals surface area contributed by atoms with Gasteiger partial charge in [0.1, 0.15) is 48.8 Å². The predicted molar refractivity (Wildman–Crippen MR) is 341 cm³/mol. The molecule has 0 aromatic rings. The molecule has 0 radical (unpaired) electrons. The lowest BCUT2D eigenvalue weighted by atomic mass is 9.97. The molecular weight excluding hydrogens is 1060 g/mol. The molecule has 0 aliphatic carbocycles. The van der Waals surface area contributed by atoms with Gasteiger partial charge in [-0.1, -0.05) is 274 Å². The molecule has 2 aliphatic rings. The van der Waals surface area contributed by atoms with E-state index >= 15 is 0 Å². The Balaban J connectivity index is 1.48. The SMILES string of the molecule is C/C=C/CC/C=C/CC/C=C/C(O)C(COC1OC(CO)C(OC2OC(CO)C(O)C(O)C2O)C(O)C1O)NC(=O)CCCCCCCCCCCCCCCCCCCCCCCCCCCCCCC/C=C\CCCCCCCCCC. The molecule has 12 atom stereocenters. The van der Waals surface area contributed by atoms with Crippen molar-refractivity contribution >= 4 is 5.91 Å². The molecule has 1 amide bonds. The number of amides is 1. The molecule has 2 saturated heterocycles. The summed E-state index contributed by atoms with van der Waals surface area (Å²) in [5.41, 5.74) is 0. The summed E-state index contributed by atoms with van der Waals surface area (Å²) in [6.07, 6.45) is 55.5. The van der Waals surface area contributed by atoms with Crippen LogP contribution >= 0.6 is 0 Å². The number of nitrogens with one attached hydrogen (secondary N) is 1. The fraction of sp³-hybridized carbons (Fsp3) is 0.871. The second kappa shape index (κ2) is 55.1. The second-order valence-electron chi connectivity index (χ2n) is 24.7. The van der Waals surface area contributed by atoms with Gasteiger partial charge in [0.25, 0.3) is 0 Å². The van der Waals surface area contributed by atoms with Crippen LogP contribution in [0.15, 0.2) is 48.6 Å². The maximum atomic E-state index is 13.2. The van der Waals surface area contributed by atoms with Crippen LogP contribution in [-0.4, -0.2) is 140 Å². The third kappa shape index (κ3) is 39.1. The molecule has 0 aromatic carbocycles. The first-order chi connectivity index (χ1) is 41.1. The maximum absolute atomic E-state index is 13.2. The number of rotatable bonds is 57. The minimum atomic E-state index is -1.79. The van der Waals surface area contributed by atoms with Gasteiger partial charge in [0.15, 0.2) is 12.6 Å². The van der Waals surface area contributed by atoms with Crippen molar-refractivity contribution in [3.8, 4) is 0 Å². The summed E-state index contributed by atoms with van der Waals surface area (Å²) >= 11 is 0. The predicted octanol–water partition coefficient (Wildman–Crippen LogP) is 13.9. The molecule has 2 aliphatic heterocycles. The fourth-order valence-corrected chi connectivity index (χ4v) is 11.5. The molecule has 14 nitrogen and oxygen atoms in total. The number of aliphatic hydroxyl groups is 8. The quantitative estimate of drug-likeness (QED) is 0.0204. The number of ether oxygens (including phenoxy) is 4. The third-order valence-corrected chi connectivity index (χ3v) is 17.1. The Morgan fingerprint density at radius 3 is 1.24 bits per heavy atom. The summed E-state index contributed by atoms with van der Waals surface area (Å²) in [6, 6.07) is -0.935. The van der Waals surface area contributed by atoms with Gasteiger partial charge in [0.05, 0.1) is 32.0 Å². The van der Waals surface area contributed by atoms with Crippen LogP contribution in [0.5, 0.6) is 0 Å². The number of aliphatic hydroxyl groups excluding tert-OH is 8. The molecule has 84 heavy (non-hydrogen) atoms. The van der Waals surface area contributed by atoms with Gasteiger partial charge in [-0.15, -0.1) is 0 Å². The van der Waals surface area contributed by atoms with Gasteiger partial charge >= 0.3 is 0 Å². The number of hydrogen-bond acceptors (Lipinski definition) is 13. The number of carbonyl (C=O) groups is 1. The van der Waals surface area contributed by atoms with Crippen LogP contribution in [0.1, 0.15) is 296 Å². The maximum Gasteiger partial charge on any atom is 0.220 e. The van der Waals surface area contributed by atoms with Gasteiger partial charge in [-0.05, 0) is 64.7 Å². The molecule has 0 spiro atoms. The minimum Gasteiger partial charge on any atom is -0.394 e. The molecule has 9 N–H and O–H groups in total. The van der Waals surface area contributed by atoms with Crippen LogP contribution in [0.3, 0.4) is 0 Å². The summed E-state index contributed by atoms with van der Waals surface area (Å²) < 4.78 is 22.7. The molecule has 0 aromatic heterocycles. The highest BCUT2D eigenvalue weighted by molar-refractivity contribution is 5.76. The number of hydrogen-bond donors (Lipinski definition) is 9. The first-order valence-electron chi connectivity index (χ1n) is 34.8. The molecule has 0 saturated carbocycles.